The lowest BCUT2D eigenvalue weighted by molar-refractivity contribution is -0.123. The number of ether oxygens (including phenoxy) is 2. The summed E-state index contributed by atoms with van der Waals surface area (Å²) in [6.07, 6.45) is 0. The van der Waals surface area contributed by atoms with Crippen molar-refractivity contribution in [2.75, 3.05) is 13.7 Å². The number of hydrogen-bond donors (Lipinski definition) is 3. The first-order valence-electron chi connectivity index (χ1n) is 8.97. The molecule has 0 saturated heterocycles. The summed E-state index contributed by atoms with van der Waals surface area (Å²) < 4.78 is 15.9. The molecule has 0 bridgehead atoms. The lowest BCUT2D eigenvalue weighted by atomic mass is 10.2. The van der Waals surface area contributed by atoms with Crippen molar-refractivity contribution in [3.63, 3.8) is 0 Å². The Morgan fingerprint density at radius 2 is 1.65 bits per heavy atom. The highest BCUT2D eigenvalue weighted by molar-refractivity contribution is 7.80. The minimum absolute atomic E-state index is 0.0586. The average molecular weight is 460 g/mol. The van der Waals surface area contributed by atoms with Crippen LogP contribution < -0.4 is 25.6 Å². The predicted octanol–water partition coefficient (Wildman–Crippen LogP) is 3.32. The van der Waals surface area contributed by atoms with Crippen molar-refractivity contribution in [1.82, 2.24) is 16.2 Å². The van der Waals surface area contributed by atoms with Gasteiger partial charge in [-0.15, -0.1) is 0 Å². The fraction of sp³-hybridized carbons (Fsp3) is 0.0952. The third-order valence-corrected chi connectivity index (χ3v) is 4.39. The monoisotopic (exact) mass is 459 g/mol. The Balaban J connectivity index is 1.43. The molecule has 160 valence electrons. The number of nitrogens with one attached hydrogen (secondary N) is 3. The number of rotatable bonds is 6. The van der Waals surface area contributed by atoms with E-state index in [0.29, 0.717) is 22.3 Å². The van der Waals surface area contributed by atoms with Gasteiger partial charge >= 0.3 is 0 Å². The van der Waals surface area contributed by atoms with Crippen LogP contribution in [-0.2, 0) is 4.79 Å². The third kappa shape index (κ3) is 6.46. The molecule has 0 aliphatic carbocycles. The first-order chi connectivity index (χ1) is 14.9. The molecule has 8 nitrogen and oxygen atoms in total. The standard InChI is InChI=1S/C21H18ClN3O5S/c1-28-15-6-8-16(9-7-15)29-12-19(26)24-25-21(31)23-20(27)18-11-10-17(30-18)13-2-4-14(22)5-3-13/h2-11H,12H2,1H3,(H,24,26)(H2,23,25,27,31). The first kappa shape index (κ1) is 22.1. The van der Waals surface area contributed by atoms with E-state index >= 15 is 0 Å². The van der Waals surface area contributed by atoms with Crippen molar-refractivity contribution in [2.24, 2.45) is 0 Å². The minimum atomic E-state index is -0.568. The number of furan rings is 1. The van der Waals surface area contributed by atoms with Crippen molar-refractivity contribution >= 4 is 40.7 Å². The van der Waals surface area contributed by atoms with Crippen molar-refractivity contribution in [3.05, 3.63) is 71.4 Å². The van der Waals surface area contributed by atoms with Crippen molar-refractivity contribution in [2.45, 2.75) is 0 Å². The number of halogens is 1. The molecule has 31 heavy (non-hydrogen) atoms. The van der Waals surface area contributed by atoms with Gasteiger partial charge in [0.1, 0.15) is 17.3 Å². The van der Waals surface area contributed by atoms with E-state index in [-0.39, 0.29) is 17.5 Å². The van der Waals surface area contributed by atoms with Gasteiger partial charge in [-0.1, -0.05) is 11.6 Å². The second-order valence-electron chi connectivity index (χ2n) is 6.09. The molecule has 2 aromatic carbocycles. The smallest absolute Gasteiger partial charge is 0.293 e. The number of carbonyl (C=O) groups is 2. The summed E-state index contributed by atoms with van der Waals surface area (Å²) >= 11 is 10.9. The van der Waals surface area contributed by atoms with Crippen LogP contribution in [0.25, 0.3) is 11.3 Å². The molecule has 0 fully saturated rings. The average Bonchev–Trinajstić information content (AvgIpc) is 3.27. The molecule has 3 aromatic rings. The van der Waals surface area contributed by atoms with E-state index in [1.54, 1.807) is 61.7 Å². The van der Waals surface area contributed by atoms with Crippen LogP contribution >= 0.6 is 23.8 Å². The largest absolute Gasteiger partial charge is 0.497 e. The Bertz CT molecular complexity index is 1070. The van der Waals surface area contributed by atoms with Crippen LogP contribution in [0.4, 0.5) is 0 Å². The highest BCUT2D eigenvalue weighted by atomic mass is 35.5. The van der Waals surface area contributed by atoms with Crippen molar-refractivity contribution in [1.29, 1.82) is 0 Å². The Labute approximate surface area is 188 Å². The molecule has 10 heteroatoms. The normalized spacial score (nSPS) is 10.1. The van der Waals surface area contributed by atoms with Gasteiger partial charge in [0.15, 0.2) is 17.5 Å². The van der Waals surface area contributed by atoms with E-state index in [1.807, 2.05) is 0 Å². The first-order valence-corrected chi connectivity index (χ1v) is 9.76. The SMILES string of the molecule is COc1ccc(OCC(=O)NNC(=S)NC(=O)c2ccc(-c3ccc(Cl)cc3)o2)cc1. The van der Waals surface area contributed by atoms with Gasteiger partial charge in [0.25, 0.3) is 11.8 Å². The molecule has 1 heterocycles. The van der Waals surface area contributed by atoms with Crippen LogP contribution in [0.15, 0.2) is 65.1 Å². The highest BCUT2D eigenvalue weighted by Gasteiger charge is 2.14. The van der Waals surface area contributed by atoms with Gasteiger partial charge in [-0.2, -0.15) is 0 Å². The Morgan fingerprint density at radius 3 is 2.32 bits per heavy atom. The molecule has 2 amide bonds. The molecular weight excluding hydrogens is 442 g/mol. The van der Waals surface area contributed by atoms with Crippen LogP contribution in [0.1, 0.15) is 10.6 Å². The number of amides is 2. The summed E-state index contributed by atoms with van der Waals surface area (Å²) in [5.41, 5.74) is 5.53. The number of methoxy groups -OCH3 is 1. The van der Waals surface area contributed by atoms with E-state index < -0.39 is 11.8 Å². The lowest BCUT2D eigenvalue weighted by Crippen LogP contribution is -2.49. The maximum absolute atomic E-state index is 12.3. The zero-order chi connectivity index (χ0) is 22.2. The fourth-order valence-electron chi connectivity index (χ4n) is 2.41. The van der Waals surface area contributed by atoms with Crippen LogP contribution in [0.2, 0.25) is 5.02 Å². The predicted molar refractivity (Wildman–Crippen MR) is 119 cm³/mol. The second-order valence-corrected chi connectivity index (χ2v) is 6.94. The zero-order valence-electron chi connectivity index (χ0n) is 16.3. The van der Waals surface area contributed by atoms with Crippen molar-refractivity contribution in [3.8, 4) is 22.8 Å². The van der Waals surface area contributed by atoms with Gasteiger partial charge in [0.2, 0.25) is 0 Å². The zero-order valence-corrected chi connectivity index (χ0v) is 17.9. The molecular formula is C21H18ClN3O5S. The van der Waals surface area contributed by atoms with Gasteiger partial charge in [-0.3, -0.25) is 25.8 Å². The minimum Gasteiger partial charge on any atom is -0.497 e. The molecule has 0 atom stereocenters. The van der Waals surface area contributed by atoms with E-state index in [0.717, 1.165) is 5.56 Å². The fourth-order valence-corrected chi connectivity index (χ4v) is 2.68. The Hall–Kier alpha value is -3.56. The van der Waals surface area contributed by atoms with Crippen LogP contribution in [0, 0.1) is 0 Å². The number of thiocarbonyl (C=S) groups is 1. The summed E-state index contributed by atoms with van der Waals surface area (Å²) in [5, 5.41) is 2.90. The molecule has 0 aliphatic heterocycles. The number of carbonyl (C=O) groups excluding carboxylic acids is 2. The van der Waals surface area contributed by atoms with Gasteiger partial charge < -0.3 is 13.9 Å². The summed E-state index contributed by atoms with van der Waals surface area (Å²) in [5.74, 6) is 0.683. The van der Waals surface area contributed by atoms with Crippen LogP contribution in [-0.4, -0.2) is 30.6 Å². The maximum atomic E-state index is 12.3. The molecule has 0 aliphatic rings. The van der Waals surface area contributed by atoms with Gasteiger partial charge in [-0.05, 0) is 72.9 Å². The van der Waals surface area contributed by atoms with Crippen LogP contribution in [0.3, 0.4) is 0 Å². The van der Waals surface area contributed by atoms with E-state index in [2.05, 4.69) is 16.2 Å². The van der Waals surface area contributed by atoms with Crippen molar-refractivity contribution < 1.29 is 23.5 Å². The highest BCUT2D eigenvalue weighted by Crippen LogP contribution is 2.23. The maximum Gasteiger partial charge on any atom is 0.293 e. The van der Waals surface area contributed by atoms with E-state index in [4.69, 9.17) is 37.7 Å². The second kappa shape index (κ2) is 10.5. The van der Waals surface area contributed by atoms with E-state index in [9.17, 15) is 9.59 Å². The molecule has 3 rings (SSSR count). The molecule has 0 unspecified atom stereocenters. The van der Waals surface area contributed by atoms with Gasteiger partial charge in [-0.25, -0.2) is 0 Å². The summed E-state index contributed by atoms with van der Waals surface area (Å²) in [4.78, 5) is 24.1. The quantitative estimate of drug-likeness (QED) is 0.384. The number of benzene rings is 2. The third-order valence-electron chi connectivity index (χ3n) is 3.93. The van der Waals surface area contributed by atoms with E-state index in [1.165, 1.54) is 6.07 Å². The van der Waals surface area contributed by atoms with Gasteiger partial charge in [0.05, 0.1) is 7.11 Å². The van der Waals surface area contributed by atoms with Crippen LogP contribution in [0.5, 0.6) is 11.5 Å². The molecule has 0 spiro atoms. The number of hydrazine groups is 1. The molecule has 3 N–H and O–H groups in total. The number of hydrogen-bond acceptors (Lipinski definition) is 6. The summed E-state index contributed by atoms with van der Waals surface area (Å²) in [6, 6.07) is 16.9. The topological polar surface area (TPSA) is 102 Å². The molecule has 1 aromatic heterocycles. The summed E-state index contributed by atoms with van der Waals surface area (Å²) in [6.45, 7) is -0.251. The lowest BCUT2D eigenvalue weighted by Gasteiger charge is -2.11. The van der Waals surface area contributed by atoms with Gasteiger partial charge in [0, 0.05) is 10.6 Å². The Kier molecular flexibility index (Phi) is 7.47. The molecule has 0 radical (unpaired) electrons. The Morgan fingerprint density at radius 1 is 0.968 bits per heavy atom. The summed E-state index contributed by atoms with van der Waals surface area (Å²) in [7, 11) is 1.56. The molecule has 0 saturated carbocycles.